The molecule has 20 heavy (non-hydrogen) atoms. The smallest absolute Gasteiger partial charge is 0.232 e. The summed E-state index contributed by atoms with van der Waals surface area (Å²) in [6, 6.07) is 8.11. The van der Waals surface area contributed by atoms with Crippen LogP contribution in [0.15, 0.2) is 24.3 Å². The predicted molar refractivity (Wildman–Crippen MR) is 83.2 cm³/mol. The molecule has 0 atom stereocenters. The molecule has 0 aliphatic heterocycles. The van der Waals surface area contributed by atoms with Crippen molar-refractivity contribution in [3.63, 3.8) is 0 Å². The molecule has 0 radical (unpaired) electrons. The van der Waals surface area contributed by atoms with E-state index >= 15 is 0 Å². The fraction of sp³-hybridized carbons (Fsp3) is 0.200. The Morgan fingerprint density at radius 3 is 2.70 bits per heavy atom. The van der Waals surface area contributed by atoms with E-state index < -0.39 is 0 Å². The van der Waals surface area contributed by atoms with Crippen molar-refractivity contribution in [2.75, 3.05) is 0 Å². The van der Waals surface area contributed by atoms with E-state index in [0.717, 1.165) is 32.0 Å². The molecule has 2 heterocycles. The predicted octanol–water partition coefficient (Wildman–Crippen LogP) is 5.06. The van der Waals surface area contributed by atoms with Crippen molar-refractivity contribution in [3.05, 3.63) is 45.6 Å². The minimum atomic E-state index is 0.208. The van der Waals surface area contributed by atoms with Gasteiger partial charge in [-0.3, -0.25) is 0 Å². The molecular weight excluding hydrogens is 292 g/mol. The summed E-state index contributed by atoms with van der Waals surface area (Å²) >= 11 is 7.56. The second kappa shape index (κ2) is 5.04. The third-order valence-corrected chi connectivity index (χ3v) is 4.12. The van der Waals surface area contributed by atoms with Gasteiger partial charge in [-0.15, -0.1) is 11.3 Å². The molecule has 0 unspecified atom stereocenters. The van der Waals surface area contributed by atoms with Crippen molar-refractivity contribution in [3.8, 4) is 11.6 Å². The molecule has 0 saturated heterocycles. The highest BCUT2D eigenvalue weighted by molar-refractivity contribution is 7.18. The summed E-state index contributed by atoms with van der Waals surface area (Å²) in [5, 5.41) is 1.11. The highest BCUT2D eigenvalue weighted by atomic mass is 35.5. The van der Waals surface area contributed by atoms with Crippen LogP contribution < -0.4 is 4.74 Å². The number of benzene rings is 1. The van der Waals surface area contributed by atoms with E-state index in [1.54, 1.807) is 11.3 Å². The zero-order chi connectivity index (χ0) is 14.3. The van der Waals surface area contributed by atoms with Gasteiger partial charge in [-0.25, -0.2) is 4.98 Å². The molecule has 3 aromatic rings. The Kier molecular flexibility index (Phi) is 3.36. The highest BCUT2D eigenvalue weighted by Gasteiger charge is 2.12. The maximum absolute atomic E-state index is 5.97. The number of rotatable bonds is 2. The van der Waals surface area contributed by atoms with Gasteiger partial charge in [0.25, 0.3) is 0 Å². The van der Waals surface area contributed by atoms with Crippen LogP contribution in [0.3, 0.4) is 0 Å². The van der Waals surface area contributed by atoms with Crippen LogP contribution in [0, 0.1) is 20.8 Å². The van der Waals surface area contributed by atoms with Gasteiger partial charge in [-0.2, -0.15) is 4.98 Å². The van der Waals surface area contributed by atoms with Crippen LogP contribution in [0.5, 0.6) is 11.6 Å². The first-order valence-corrected chi connectivity index (χ1v) is 7.41. The zero-order valence-corrected chi connectivity index (χ0v) is 13.0. The zero-order valence-electron chi connectivity index (χ0n) is 11.4. The van der Waals surface area contributed by atoms with Gasteiger partial charge >= 0.3 is 0 Å². The summed E-state index contributed by atoms with van der Waals surface area (Å²) in [4.78, 5) is 10.5. The fourth-order valence-corrected chi connectivity index (χ4v) is 3.07. The molecule has 0 fully saturated rings. The first-order valence-electron chi connectivity index (χ1n) is 6.22. The minimum Gasteiger partial charge on any atom is -0.438 e. The maximum atomic E-state index is 5.97. The Balaban J connectivity index is 2.12. The molecule has 3 nitrogen and oxygen atoms in total. The Morgan fingerprint density at radius 2 is 1.90 bits per heavy atom. The molecule has 102 valence electrons. The van der Waals surface area contributed by atoms with Gasteiger partial charge in [0.05, 0.1) is 5.39 Å². The van der Waals surface area contributed by atoms with Gasteiger partial charge in [0.1, 0.15) is 10.6 Å². The summed E-state index contributed by atoms with van der Waals surface area (Å²) < 4.78 is 5.97. The average Bonchev–Trinajstić information content (AvgIpc) is 2.74. The Hall–Kier alpha value is -1.65. The van der Waals surface area contributed by atoms with Crippen molar-refractivity contribution < 1.29 is 4.74 Å². The normalized spacial score (nSPS) is 11.0. The van der Waals surface area contributed by atoms with Crippen molar-refractivity contribution in [2.24, 2.45) is 0 Å². The van der Waals surface area contributed by atoms with Gasteiger partial charge in [0.2, 0.25) is 11.2 Å². The van der Waals surface area contributed by atoms with Gasteiger partial charge in [-0.1, -0.05) is 12.1 Å². The second-order valence-electron chi connectivity index (χ2n) is 4.74. The first kappa shape index (κ1) is 13.3. The molecule has 0 aliphatic rings. The molecule has 0 saturated carbocycles. The van der Waals surface area contributed by atoms with E-state index in [0.29, 0.717) is 5.88 Å². The van der Waals surface area contributed by atoms with Gasteiger partial charge in [0, 0.05) is 4.88 Å². The van der Waals surface area contributed by atoms with Crippen LogP contribution in [0.4, 0.5) is 0 Å². The lowest BCUT2D eigenvalue weighted by atomic mass is 10.1. The Morgan fingerprint density at radius 1 is 1.10 bits per heavy atom. The lowest BCUT2D eigenvalue weighted by Gasteiger charge is -2.09. The molecule has 2 aromatic heterocycles. The molecule has 5 heteroatoms. The van der Waals surface area contributed by atoms with Crippen molar-refractivity contribution in [2.45, 2.75) is 20.8 Å². The topological polar surface area (TPSA) is 35.0 Å². The van der Waals surface area contributed by atoms with E-state index in [4.69, 9.17) is 16.3 Å². The average molecular weight is 305 g/mol. The third kappa shape index (κ3) is 2.49. The monoisotopic (exact) mass is 304 g/mol. The van der Waals surface area contributed by atoms with Crippen LogP contribution in [-0.4, -0.2) is 9.97 Å². The third-order valence-electron chi connectivity index (χ3n) is 3.00. The van der Waals surface area contributed by atoms with Gasteiger partial charge in [-0.05, 0) is 55.6 Å². The van der Waals surface area contributed by atoms with Crippen LogP contribution in [0.25, 0.3) is 10.2 Å². The summed E-state index contributed by atoms with van der Waals surface area (Å²) in [6.45, 7) is 6.07. The summed E-state index contributed by atoms with van der Waals surface area (Å²) in [5.41, 5.74) is 2.20. The van der Waals surface area contributed by atoms with E-state index in [1.807, 2.05) is 39.0 Å². The molecule has 0 bridgehead atoms. The molecular formula is C15H13ClN2OS. The van der Waals surface area contributed by atoms with E-state index in [1.165, 1.54) is 0 Å². The SMILES string of the molecule is Cc1ccc(C)c(Oc2nc(Cl)nc3sc(C)cc23)c1. The fourth-order valence-electron chi connectivity index (χ4n) is 1.99. The maximum Gasteiger partial charge on any atom is 0.232 e. The number of thiophene rings is 1. The number of hydrogen-bond acceptors (Lipinski definition) is 4. The largest absolute Gasteiger partial charge is 0.438 e. The number of aryl methyl sites for hydroxylation is 3. The molecule has 3 rings (SSSR count). The van der Waals surface area contributed by atoms with E-state index in [-0.39, 0.29) is 5.28 Å². The summed E-state index contributed by atoms with van der Waals surface area (Å²) in [6.07, 6.45) is 0. The quantitative estimate of drug-likeness (QED) is 0.620. The molecule has 0 N–H and O–H groups in total. The molecule has 0 spiro atoms. The van der Waals surface area contributed by atoms with Crippen LogP contribution >= 0.6 is 22.9 Å². The van der Waals surface area contributed by atoms with Crippen molar-refractivity contribution in [1.29, 1.82) is 0 Å². The van der Waals surface area contributed by atoms with E-state index in [9.17, 15) is 0 Å². The molecule has 1 aromatic carbocycles. The number of fused-ring (bicyclic) bond motifs is 1. The van der Waals surface area contributed by atoms with Crippen LogP contribution in [0.1, 0.15) is 16.0 Å². The van der Waals surface area contributed by atoms with Gasteiger partial charge < -0.3 is 4.74 Å². The standard InChI is InChI=1S/C15H13ClN2OS/c1-8-4-5-9(2)12(6-8)19-13-11-7-10(3)20-14(11)18-15(16)17-13/h4-7H,1-3H3. The highest BCUT2D eigenvalue weighted by Crippen LogP contribution is 2.34. The number of nitrogens with zero attached hydrogens (tertiary/aromatic N) is 2. The first-order chi connectivity index (χ1) is 9.52. The molecule has 0 aliphatic carbocycles. The summed E-state index contributed by atoms with van der Waals surface area (Å²) in [7, 11) is 0. The molecule has 0 amide bonds. The second-order valence-corrected chi connectivity index (χ2v) is 6.32. The Bertz CT molecular complexity index is 798. The summed E-state index contributed by atoms with van der Waals surface area (Å²) in [5.74, 6) is 1.31. The van der Waals surface area contributed by atoms with Crippen LogP contribution in [0.2, 0.25) is 5.28 Å². The van der Waals surface area contributed by atoms with E-state index in [2.05, 4.69) is 16.0 Å². The lowest BCUT2D eigenvalue weighted by Crippen LogP contribution is -1.93. The number of hydrogen-bond donors (Lipinski definition) is 0. The van der Waals surface area contributed by atoms with Crippen molar-refractivity contribution in [1.82, 2.24) is 9.97 Å². The lowest BCUT2D eigenvalue weighted by molar-refractivity contribution is 0.464. The number of halogens is 1. The van der Waals surface area contributed by atoms with Gasteiger partial charge in [0.15, 0.2) is 0 Å². The minimum absolute atomic E-state index is 0.208. The number of aromatic nitrogens is 2. The number of ether oxygens (including phenoxy) is 1. The Labute approximate surface area is 126 Å². The van der Waals surface area contributed by atoms with Crippen molar-refractivity contribution >= 4 is 33.2 Å². The van der Waals surface area contributed by atoms with Crippen LogP contribution in [-0.2, 0) is 0 Å².